The molecule has 3 nitrogen and oxygen atoms in total. The van der Waals surface area contributed by atoms with E-state index in [4.69, 9.17) is 4.74 Å². The number of ether oxygens (including phenoxy) is 1. The number of halogens is 1. The third-order valence-corrected chi connectivity index (χ3v) is 4.21. The lowest BCUT2D eigenvalue weighted by Crippen LogP contribution is -2.49. The summed E-state index contributed by atoms with van der Waals surface area (Å²) < 4.78 is 5.87. The summed E-state index contributed by atoms with van der Waals surface area (Å²) >= 11 is 0. The summed E-state index contributed by atoms with van der Waals surface area (Å²) in [4.78, 5) is 2.56. The molecule has 2 heterocycles. The minimum atomic E-state index is 0. The van der Waals surface area contributed by atoms with Crippen LogP contribution in [0.2, 0.25) is 0 Å². The molecule has 2 aliphatic rings. The van der Waals surface area contributed by atoms with Crippen molar-refractivity contribution >= 4 is 12.4 Å². The lowest BCUT2D eigenvalue weighted by Gasteiger charge is -2.44. The molecule has 1 aromatic rings. The maximum Gasteiger partial charge on any atom is 0.123 e. The average molecular weight is 284 g/mol. The fraction of sp³-hybridized carbons (Fsp3) is 0.600. The standard InChI is InChI=1S/C15H21NO2.ClH/c1-2-7-16-8-3-4-12-13-9-11(17)5-6-15(13)18-10-14(12)16;/h5-6,9,12,14,17H,2-4,7-8,10H2,1H3;1H/t12-,14-;/m0./s1. The Morgan fingerprint density at radius 1 is 1.42 bits per heavy atom. The molecule has 0 aliphatic carbocycles. The first-order valence-corrected chi connectivity index (χ1v) is 6.99. The van der Waals surface area contributed by atoms with Crippen molar-refractivity contribution in [2.24, 2.45) is 0 Å². The van der Waals surface area contributed by atoms with Crippen LogP contribution in [0.15, 0.2) is 18.2 Å². The molecule has 2 atom stereocenters. The molecule has 1 N–H and O–H groups in total. The molecule has 2 aliphatic heterocycles. The third-order valence-electron chi connectivity index (χ3n) is 4.21. The van der Waals surface area contributed by atoms with Gasteiger partial charge in [0.25, 0.3) is 0 Å². The first-order valence-electron chi connectivity index (χ1n) is 6.99. The summed E-state index contributed by atoms with van der Waals surface area (Å²) in [7, 11) is 0. The van der Waals surface area contributed by atoms with E-state index in [1.165, 1.54) is 31.4 Å². The molecule has 19 heavy (non-hydrogen) atoms. The van der Waals surface area contributed by atoms with Crippen LogP contribution < -0.4 is 4.74 Å². The first kappa shape index (κ1) is 14.5. The second kappa shape index (κ2) is 6.02. The minimum Gasteiger partial charge on any atom is -0.508 e. The Balaban J connectivity index is 0.00000133. The van der Waals surface area contributed by atoms with E-state index in [9.17, 15) is 5.11 Å². The number of rotatable bonds is 2. The Morgan fingerprint density at radius 2 is 2.26 bits per heavy atom. The predicted octanol–water partition coefficient (Wildman–Crippen LogP) is 3.16. The highest BCUT2D eigenvalue weighted by Crippen LogP contribution is 2.42. The fourth-order valence-corrected chi connectivity index (χ4v) is 3.41. The molecule has 0 amide bonds. The second-order valence-corrected chi connectivity index (χ2v) is 5.39. The first-order chi connectivity index (χ1) is 8.79. The van der Waals surface area contributed by atoms with Crippen LogP contribution in [-0.4, -0.2) is 35.7 Å². The highest BCUT2D eigenvalue weighted by molar-refractivity contribution is 5.85. The number of piperidine rings is 1. The van der Waals surface area contributed by atoms with Crippen molar-refractivity contribution in [3.05, 3.63) is 23.8 Å². The molecule has 1 fully saturated rings. The second-order valence-electron chi connectivity index (χ2n) is 5.39. The van der Waals surface area contributed by atoms with Gasteiger partial charge in [0, 0.05) is 11.5 Å². The largest absolute Gasteiger partial charge is 0.508 e. The molecule has 1 aromatic carbocycles. The Kier molecular flexibility index (Phi) is 4.58. The molecule has 0 radical (unpaired) electrons. The van der Waals surface area contributed by atoms with Gasteiger partial charge in [-0.05, 0) is 50.6 Å². The third kappa shape index (κ3) is 2.67. The van der Waals surface area contributed by atoms with Crippen LogP contribution >= 0.6 is 12.4 Å². The van der Waals surface area contributed by atoms with Crippen LogP contribution in [0.1, 0.15) is 37.7 Å². The van der Waals surface area contributed by atoms with Crippen LogP contribution in [0.25, 0.3) is 0 Å². The summed E-state index contributed by atoms with van der Waals surface area (Å²) in [5, 5.41) is 9.68. The lowest BCUT2D eigenvalue weighted by atomic mass is 9.81. The number of fused-ring (bicyclic) bond motifs is 3. The van der Waals surface area contributed by atoms with Crippen molar-refractivity contribution in [2.75, 3.05) is 19.7 Å². The number of likely N-dealkylation sites (tertiary alicyclic amines) is 1. The molecule has 1 saturated heterocycles. The Hall–Kier alpha value is -0.930. The molecular weight excluding hydrogens is 262 g/mol. The summed E-state index contributed by atoms with van der Waals surface area (Å²) in [6, 6.07) is 6.00. The topological polar surface area (TPSA) is 32.7 Å². The van der Waals surface area contributed by atoms with E-state index in [1.807, 2.05) is 12.1 Å². The molecule has 4 heteroatoms. The number of hydrogen-bond acceptors (Lipinski definition) is 3. The minimum absolute atomic E-state index is 0. The van der Waals surface area contributed by atoms with Gasteiger partial charge in [-0.15, -0.1) is 12.4 Å². The Bertz CT molecular complexity index is 436. The molecule has 0 bridgehead atoms. The molecule has 106 valence electrons. The van der Waals surface area contributed by atoms with Crippen molar-refractivity contribution in [1.29, 1.82) is 0 Å². The highest BCUT2D eigenvalue weighted by atomic mass is 35.5. The zero-order chi connectivity index (χ0) is 12.5. The van der Waals surface area contributed by atoms with E-state index >= 15 is 0 Å². The van der Waals surface area contributed by atoms with E-state index in [0.29, 0.717) is 17.7 Å². The van der Waals surface area contributed by atoms with Gasteiger partial charge in [-0.2, -0.15) is 0 Å². The number of hydrogen-bond donors (Lipinski definition) is 1. The van der Waals surface area contributed by atoms with Crippen molar-refractivity contribution in [2.45, 2.75) is 38.1 Å². The predicted molar refractivity (Wildman–Crippen MR) is 78.5 cm³/mol. The van der Waals surface area contributed by atoms with Crippen LogP contribution in [-0.2, 0) is 0 Å². The number of benzene rings is 1. The SMILES string of the molecule is CCCN1CCC[C@H]2c3cc(O)ccc3OC[C@@H]21.Cl. The van der Waals surface area contributed by atoms with Gasteiger partial charge in [0.15, 0.2) is 0 Å². The molecule has 3 rings (SSSR count). The van der Waals surface area contributed by atoms with Crippen LogP contribution in [0.4, 0.5) is 0 Å². The maximum absolute atomic E-state index is 9.68. The number of phenols is 1. The zero-order valence-electron chi connectivity index (χ0n) is 11.3. The van der Waals surface area contributed by atoms with E-state index in [2.05, 4.69) is 11.8 Å². The molecular formula is C15H22ClNO2. The van der Waals surface area contributed by atoms with E-state index < -0.39 is 0 Å². The molecule has 0 aromatic heterocycles. The quantitative estimate of drug-likeness (QED) is 0.905. The fourth-order valence-electron chi connectivity index (χ4n) is 3.41. The normalized spacial score (nSPS) is 25.7. The van der Waals surface area contributed by atoms with E-state index in [-0.39, 0.29) is 12.4 Å². The van der Waals surface area contributed by atoms with Crippen LogP contribution in [0, 0.1) is 0 Å². The summed E-state index contributed by atoms with van der Waals surface area (Å²) in [6.07, 6.45) is 3.65. The van der Waals surface area contributed by atoms with E-state index in [0.717, 1.165) is 18.9 Å². The smallest absolute Gasteiger partial charge is 0.123 e. The van der Waals surface area contributed by atoms with E-state index in [1.54, 1.807) is 6.07 Å². The van der Waals surface area contributed by atoms with Gasteiger partial charge in [-0.1, -0.05) is 6.92 Å². The van der Waals surface area contributed by atoms with Gasteiger partial charge in [-0.25, -0.2) is 0 Å². The number of aromatic hydroxyl groups is 1. The van der Waals surface area contributed by atoms with Crippen LogP contribution in [0.5, 0.6) is 11.5 Å². The monoisotopic (exact) mass is 283 g/mol. The van der Waals surface area contributed by atoms with Crippen molar-refractivity contribution in [3.8, 4) is 11.5 Å². The van der Waals surface area contributed by atoms with Gasteiger partial charge in [0.2, 0.25) is 0 Å². The van der Waals surface area contributed by atoms with Crippen molar-refractivity contribution in [3.63, 3.8) is 0 Å². The van der Waals surface area contributed by atoms with Gasteiger partial charge in [0.1, 0.15) is 18.1 Å². The van der Waals surface area contributed by atoms with Gasteiger partial charge in [-0.3, -0.25) is 4.90 Å². The number of phenolic OH excluding ortho intramolecular Hbond substituents is 1. The van der Waals surface area contributed by atoms with Crippen molar-refractivity contribution in [1.82, 2.24) is 4.90 Å². The van der Waals surface area contributed by atoms with Gasteiger partial charge in [0.05, 0.1) is 6.04 Å². The van der Waals surface area contributed by atoms with Gasteiger partial charge >= 0.3 is 0 Å². The molecule has 0 saturated carbocycles. The average Bonchev–Trinajstić information content (AvgIpc) is 2.39. The Morgan fingerprint density at radius 3 is 3.05 bits per heavy atom. The molecule has 0 spiro atoms. The summed E-state index contributed by atoms with van der Waals surface area (Å²) in [5.74, 6) is 1.85. The van der Waals surface area contributed by atoms with Crippen molar-refractivity contribution < 1.29 is 9.84 Å². The Labute approximate surface area is 121 Å². The lowest BCUT2D eigenvalue weighted by molar-refractivity contribution is 0.0658. The van der Waals surface area contributed by atoms with Gasteiger partial charge < -0.3 is 9.84 Å². The maximum atomic E-state index is 9.68. The zero-order valence-corrected chi connectivity index (χ0v) is 12.2. The number of nitrogens with zero attached hydrogens (tertiary/aromatic N) is 1. The van der Waals surface area contributed by atoms with Crippen LogP contribution in [0.3, 0.4) is 0 Å². The summed E-state index contributed by atoms with van der Waals surface area (Å²) in [6.45, 7) is 5.36. The molecule has 0 unspecified atom stereocenters. The summed E-state index contributed by atoms with van der Waals surface area (Å²) in [5.41, 5.74) is 1.20. The highest BCUT2D eigenvalue weighted by Gasteiger charge is 2.37.